The molecule has 0 radical (unpaired) electrons. The third-order valence-corrected chi connectivity index (χ3v) is 3.49. The van der Waals surface area contributed by atoms with Crippen LogP contribution in [0, 0.1) is 0 Å². The summed E-state index contributed by atoms with van der Waals surface area (Å²) in [6.45, 7) is 6.00. The minimum atomic E-state index is 0.339. The summed E-state index contributed by atoms with van der Waals surface area (Å²) >= 11 is 0. The molecule has 0 heterocycles. The average Bonchev–Trinajstić information content (AvgIpc) is 2.85. The van der Waals surface area contributed by atoms with Crippen molar-refractivity contribution in [1.82, 2.24) is 5.32 Å². The molecule has 3 nitrogen and oxygen atoms in total. The van der Waals surface area contributed by atoms with Gasteiger partial charge in [0.05, 0.1) is 6.61 Å². The molecule has 19 heavy (non-hydrogen) atoms. The predicted molar refractivity (Wildman–Crippen MR) is 78.0 cm³/mol. The summed E-state index contributed by atoms with van der Waals surface area (Å²) in [6.07, 6.45) is 5.00. The van der Waals surface area contributed by atoms with Gasteiger partial charge in [0.1, 0.15) is 17.6 Å². The van der Waals surface area contributed by atoms with E-state index in [2.05, 4.69) is 12.2 Å². The van der Waals surface area contributed by atoms with Crippen LogP contribution in [0.4, 0.5) is 0 Å². The highest BCUT2D eigenvalue weighted by Crippen LogP contribution is 2.27. The summed E-state index contributed by atoms with van der Waals surface area (Å²) in [6, 6.07) is 8.57. The van der Waals surface area contributed by atoms with Crippen molar-refractivity contribution in [3.8, 4) is 11.5 Å². The summed E-state index contributed by atoms with van der Waals surface area (Å²) in [5, 5.41) is 3.57. The van der Waals surface area contributed by atoms with E-state index in [9.17, 15) is 0 Å². The molecule has 0 aliphatic heterocycles. The molecule has 0 amide bonds. The Morgan fingerprint density at radius 1 is 1.21 bits per heavy atom. The zero-order valence-electron chi connectivity index (χ0n) is 12.0. The van der Waals surface area contributed by atoms with Crippen LogP contribution < -0.4 is 14.8 Å². The van der Waals surface area contributed by atoms with Gasteiger partial charge in [-0.3, -0.25) is 0 Å². The fourth-order valence-corrected chi connectivity index (χ4v) is 2.58. The standard InChI is InChI=1S/C16H25NO2/c1-3-10-17-13-8-9-16(11-13)19-15-7-5-6-14(12-15)18-4-2/h5-7,12-13,16-17H,3-4,8-11H2,1-2H3. The van der Waals surface area contributed by atoms with Crippen molar-refractivity contribution in [1.29, 1.82) is 0 Å². The van der Waals surface area contributed by atoms with Crippen LogP contribution in [0.3, 0.4) is 0 Å². The molecular weight excluding hydrogens is 238 g/mol. The van der Waals surface area contributed by atoms with Crippen LogP contribution in [0.5, 0.6) is 11.5 Å². The maximum absolute atomic E-state index is 6.05. The lowest BCUT2D eigenvalue weighted by molar-refractivity contribution is 0.205. The number of rotatable bonds is 7. The SMILES string of the molecule is CCCNC1CCC(Oc2cccc(OCC)c2)C1. The molecule has 1 aliphatic carbocycles. The van der Waals surface area contributed by atoms with E-state index in [0.717, 1.165) is 30.9 Å². The summed E-state index contributed by atoms with van der Waals surface area (Å²) in [4.78, 5) is 0. The zero-order chi connectivity index (χ0) is 13.5. The molecule has 1 N–H and O–H groups in total. The van der Waals surface area contributed by atoms with Gasteiger partial charge in [0, 0.05) is 12.1 Å². The number of nitrogens with one attached hydrogen (secondary N) is 1. The average molecular weight is 263 g/mol. The van der Waals surface area contributed by atoms with Gasteiger partial charge in [-0.05, 0) is 51.3 Å². The maximum atomic E-state index is 6.05. The fraction of sp³-hybridized carbons (Fsp3) is 0.625. The highest BCUT2D eigenvalue weighted by atomic mass is 16.5. The molecular formula is C16H25NO2. The number of hydrogen-bond acceptors (Lipinski definition) is 3. The molecule has 2 unspecified atom stereocenters. The summed E-state index contributed by atoms with van der Waals surface area (Å²) < 4.78 is 11.5. The van der Waals surface area contributed by atoms with Crippen LogP contribution in [0.15, 0.2) is 24.3 Å². The van der Waals surface area contributed by atoms with Gasteiger partial charge >= 0.3 is 0 Å². The number of benzene rings is 1. The Balaban J connectivity index is 1.83. The van der Waals surface area contributed by atoms with Crippen LogP contribution >= 0.6 is 0 Å². The summed E-state index contributed by atoms with van der Waals surface area (Å²) in [7, 11) is 0. The van der Waals surface area contributed by atoms with Crippen LogP contribution in [-0.2, 0) is 0 Å². The first kappa shape index (κ1) is 14.2. The molecule has 2 rings (SSSR count). The van der Waals surface area contributed by atoms with E-state index in [0.29, 0.717) is 18.8 Å². The van der Waals surface area contributed by atoms with E-state index in [1.807, 2.05) is 31.2 Å². The van der Waals surface area contributed by atoms with Gasteiger partial charge in [-0.1, -0.05) is 13.0 Å². The smallest absolute Gasteiger partial charge is 0.123 e. The van der Waals surface area contributed by atoms with Gasteiger partial charge in [-0.15, -0.1) is 0 Å². The highest BCUT2D eigenvalue weighted by molar-refractivity contribution is 5.33. The topological polar surface area (TPSA) is 30.5 Å². The van der Waals surface area contributed by atoms with E-state index in [4.69, 9.17) is 9.47 Å². The van der Waals surface area contributed by atoms with Gasteiger partial charge in [0.2, 0.25) is 0 Å². The third-order valence-electron chi connectivity index (χ3n) is 3.49. The van der Waals surface area contributed by atoms with Crippen molar-refractivity contribution in [2.75, 3.05) is 13.2 Å². The Hall–Kier alpha value is -1.22. The largest absolute Gasteiger partial charge is 0.494 e. The molecule has 106 valence electrons. The fourth-order valence-electron chi connectivity index (χ4n) is 2.58. The van der Waals surface area contributed by atoms with Gasteiger partial charge in [0.25, 0.3) is 0 Å². The molecule has 1 fully saturated rings. The van der Waals surface area contributed by atoms with Crippen LogP contribution in [0.1, 0.15) is 39.5 Å². The Morgan fingerprint density at radius 2 is 2.05 bits per heavy atom. The van der Waals surface area contributed by atoms with E-state index >= 15 is 0 Å². The lowest BCUT2D eigenvalue weighted by Crippen LogP contribution is -2.28. The van der Waals surface area contributed by atoms with Crippen molar-refractivity contribution in [2.45, 2.75) is 51.7 Å². The molecule has 1 aliphatic rings. The van der Waals surface area contributed by atoms with Gasteiger partial charge in [-0.2, -0.15) is 0 Å². The quantitative estimate of drug-likeness (QED) is 0.818. The van der Waals surface area contributed by atoms with Crippen molar-refractivity contribution in [3.05, 3.63) is 24.3 Å². The highest BCUT2D eigenvalue weighted by Gasteiger charge is 2.25. The molecule has 0 aromatic heterocycles. The normalized spacial score (nSPS) is 22.4. The lowest BCUT2D eigenvalue weighted by Gasteiger charge is -2.15. The predicted octanol–water partition coefficient (Wildman–Crippen LogP) is 3.38. The Labute approximate surface area is 116 Å². The van der Waals surface area contributed by atoms with Crippen molar-refractivity contribution >= 4 is 0 Å². The van der Waals surface area contributed by atoms with E-state index in [-0.39, 0.29) is 0 Å². The first-order valence-electron chi connectivity index (χ1n) is 7.44. The minimum Gasteiger partial charge on any atom is -0.494 e. The molecule has 1 saturated carbocycles. The molecule has 1 aromatic rings. The van der Waals surface area contributed by atoms with E-state index in [1.165, 1.54) is 12.8 Å². The maximum Gasteiger partial charge on any atom is 0.123 e. The van der Waals surface area contributed by atoms with Crippen LogP contribution in [0.2, 0.25) is 0 Å². The van der Waals surface area contributed by atoms with Crippen molar-refractivity contribution in [3.63, 3.8) is 0 Å². The van der Waals surface area contributed by atoms with Gasteiger partial charge < -0.3 is 14.8 Å². The second-order valence-electron chi connectivity index (χ2n) is 5.11. The first-order valence-corrected chi connectivity index (χ1v) is 7.44. The lowest BCUT2D eigenvalue weighted by atomic mass is 10.2. The Kier molecular flexibility index (Phi) is 5.52. The third kappa shape index (κ3) is 4.43. The van der Waals surface area contributed by atoms with Gasteiger partial charge in [0.15, 0.2) is 0 Å². The summed E-state index contributed by atoms with van der Waals surface area (Å²) in [5.41, 5.74) is 0. The Morgan fingerprint density at radius 3 is 2.84 bits per heavy atom. The van der Waals surface area contributed by atoms with Crippen molar-refractivity contribution in [2.24, 2.45) is 0 Å². The first-order chi connectivity index (χ1) is 9.31. The number of hydrogen-bond donors (Lipinski definition) is 1. The molecule has 0 spiro atoms. The molecule has 1 aromatic carbocycles. The van der Waals surface area contributed by atoms with Gasteiger partial charge in [-0.25, -0.2) is 0 Å². The second-order valence-corrected chi connectivity index (χ2v) is 5.11. The zero-order valence-corrected chi connectivity index (χ0v) is 12.0. The number of ether oxygens (including phenoxy) is 2. The second kappa shape index (κ2) is 7.39. The van der Waals surface area contributed by atoms with E-state index in [1.54, 1.807) is 0 Å². The Bertz CT molecular complexity index is 381. The monoisotopic (exact) mass is 263 g/mol. The molecule has 0 bridgehead atoms. The molecule has 3 heteroatoms. The van der Waals surface area contributed by atoms with Crippen molar-refractivity contribution < 1.29 is 9.47 Å². The molecule has 0 saturated heterocycles. The summed E-state index contributed by atoms with van der Waals surface area (Å²) in [5.74, 6) is 1.81. The minimum absolute atomic E-state index is 0.339. The van der Waals surface area contributed by atoms with Crippen LogP contribution in [0.25, 0.3) is 0 Å². The van der Waals surface area contributed by atoms with Crippen LogP contribution in [-0.4, -0.2) is 25.3 Å². The molecule has 2 atom stereocenters. The van der Waals surface area contributed by atoms with E-state index < -0.39 is 0 Å².